The predicted molar refractivity (Wildman–Crippen MR) is 234 cm³/mol. The van der Waals surface area contributed by atoms with Crippen LogP contribution in [0.5, 0.6) is 0 Å². The highest BCUT2D eigenvalue weighted by atomic mass is 32.1. The Morgan fingerprint density at radius 2 is 0.911 bits per heavy atom. The van der Waals surface area contributed by atoms with Crippen LogP contribution in [0.25, 0.3) is 104 Å². The van der Waals surface area contributed by atoms with Gasteiger partial charge in [-0.2, -0.15) is 0 Å². The molecule has 0 bridgehead atoms. The van der Waals surface area contributed by atoms with Gasteiger partial charge in [-0.25, -0.2) is 15.0 Å². The molecule has 5 heteroatoms. The van der Waals surface area contributed by atoms with Crippen molar-refractivity contribution in [2.24, 2.45) is 0 Å². The highest BCUT2D eigenvalue weighted by Crippen LogP contribution is 2.43. The van der Waals surface area contributed by atoms with E-state index in [1.807, 2.05) is 47.7 Å². The Labute approximate surface area is 327 Å². The number of fused-ring (bicyclic) bond motifs is 6. The molecule has 3 heterocycles. The summed E-state index contributed by atoms with van der Waals surface area (Å²) in [4.78, 5) is 15.5. The number of para-hydroxylation sites is 1. The molecule has 11 rings (SSSR count). The molecule has 0 radical (unpaired) electrons. The fraction of sp³-hybridized carbons (Fsp3) is 0. The van der Waals surface area contributed by atoms with Gasteiger partial charge in [-0.05, 0) is 58.7 Å². The summed E-state index contributed by atoms with van der Waals surface area (Å²) in [5.41, 5.74) is 10.6. The lowest BCUT2D eigenvalue weighted by atomic mass is 9.98. The average Bonchev–Trinajstić information content (AvgIpc) is 3.82. The average molecular weight is 733 g/mol. The van der Waals surface area contributed by atoms with Crippen LogP contribution in [0, 0.1) is 0 Å². The standard InChI is InChI=1S/C51H32N4S/c1-4-15-33(16-5-1)36-28-30-44(42(31-36)51-53-49(34-17-6-2-7-18-34)52-50(54-51)35-19-8-3-9-20-35)55-43-24-12-10-21-39(43)40-29-27-37(32-45(40)55)38-23-14-26-47-48(38)41-22-11-13-25-46(41)56-47/h1-32H. The Kier molecular flexibility index (Phi) is 7.64. The molecule has 0 saturated heterocycles. The van der Waals surface area contributed by atoms with Crippen LogP contribution in [0.3, 0.4) is 0 Å². The Morgan fingerprint density at radius 3 is 1.64 bits per heavy atom. The van der Waals surface area contributed by atoms with Crippen molar-refractivity contribution < 1.29 is 0 Å². The first-order valence-electron chi connectivity index (χ1n) is 18.8. The van der Waals surface area contributed by atoms with Gasteiger partial charge in [0, 0.05) is 47.6 Å². The zero-order valence-corrected chi connectivity index (χ0v) is 31.0. The van der Waals surface area contributed by atoms with E-state index in [2.05, 4.69) is 162 Å². The molecule has 0 N–H and O–H groups in total. The van der Waals surface area contributed by atoms with Crippen molar-refractivity contribution in [2.75, 3.05) is 0 Å². The molecule has 0 aliphatic carbocycles. The van der Waals surface area contributed by atoms with Crippen molar-refractivity contribution in [3.05, 3.63) is 194 Å². The predicted octanol–water partition coefficient (Wildman–Crippen LogP) is 13.7. The lowest BCUT2D eigenvalue weighted by molar-refractivity contribution is 1.06. The molecule has 0 aliphatic rings. The molecule has 4 nitrogen and oxygen atoms in total. The summed E-state index contributed by atoms with van der Waals surface area (Å²) in [6.07, 6.45) is 0. The third-order valence-electron chi connectivity index (χ3n) is 10.7. The van der Waals surface area contributed by atoms with Gasteiger partial charge in [0.2, 0.25) is 0 Å². The fourth-order valence-corrected chi connectivity index (χ4v) is 9.19. The number of nitrogens with zero attached hydrogens (tertiary/aromatic N) is 4. The van der Waals surface area contributed by atoms with E-state index >= 15 is 0 Å². The first-order chi connectivity index (χ1) is 27.8. The number of hydrogen-bond acceptors (Lipinski definition) is 4. The summed E-state index contributed by atoms with van der Waals surface area (Å²) in [6, 6.07) is 68.6. The second-order valence-electron chi connectivity index (χ2n) is 14.0. The van der Waals surface area contributed by atoms with Crippen LogP contribution in [0.4, 0.5) is 0 Å². The number of benzene rings is 8. The lowest BCUT2D eigenvalue weighted by Crippen LogP contribution is -2.04. The Hall–Kier alpha value is -7.21. The smallest absolute Gasteiger partial charge is 0.166 e. The lowest BCUT2D eigenvalue weighted by Gasteiger charge is -2.17. The molecule has 0 aliphatic heterocycles. The molecule has 0 unspecified atom stereocenters. The van der Waals surface area contributed by atoms with Crippen molar-refractivity contribution in [2.45, 2.75) is 0 Å². The van der Waals surface area contributed by atoms with E-state index in [-0.39, 0.29) is 0 Å². The van der Waals surface area contributed by atoms with Crippen LogP contribution in [-0.2, 0) is 0 Å². The molecule has 0 saturated carbocycles. The second-order valence-corrected chi connectivity index (χ2v) is 15.1. The van der Waals surface area contributed by atoms with E-state index < -0.39 is 0 Å². The minimum atomic E-state index is 0.613. The number of rotatable bonds is 6. The van der Waals surface area contributed by atoms with Crippen molar-refractivity contribution >= 4 is 53.3 Å². The SMILES string of the molecule is c1ccc(-c2ccc(-n3c4ccccc4c4ccc(-c5cccc6sc7ccccc7c56)cc43)c(-c3nc(-c4ccccc4)nc(-c4ccccc4)n3)c2)cc1. The molecule has 0 amide bonds. The molecular formula is C51H32N4S. The first-order valence-corrected chi connectivity index (χ1v) is 19.6. The Bertz CT molecular complexity index is 3180. The first kappa shape index (κ1) is 32.2. The van der Waals surface area contributed by atoms with Gasteiger partial charge in [0.15, 0.2) is 17.5 Å². The van der Waals surface area contributed by atoms with Crippen molar-refractivity contribution in [3.63, 3.8) is 0 Å². The molecule has 3 aromatic heterocycles. The molecule has 56 heavy (non-hydrogen) atoms. The maximum absolute atomic E-state index is 5.25. The molecule has 262 valence electrons. The van der Waals surface area contributed by atoms with Crippen molar-refractivity contribution in [1.29, 1.82) is 0 Å². The summed E-state index contributed by atoms with van der Waals surface area (Å²) in [5, 5.41) is 4.98. The Balaban J connectivity index is 1.21. The number of thiophene rings is 1. The van der Waals surface area contributed by atoms with Gasteiger partial charge in [0.1, 0.15) is 0 Å². The van der Waals surface area contributed by atoms with E-state index in [4.69, 9.17) is 15.0 Å². The van der Waals surface area contributed by atoms with E-state index in [1.165, 1.54) is 42.1 Å². The van der Waals surface area contributed by atoms with Gasteiger partial charge >= 0.3 is 0 Å². The van der Waals surface area contributed by atoms with E-state index in [0.29, 0.717) is 17.5 Å². The van der Waals surface area contributed by atoms with Gasteiger partial charge in [-0.1, -0.05) is 158 Å². The maximum atomic E-state index is 5.25. The molecule has 0 spiro atoms. The normalized spacial score (nSPS) is 11.6. The summed E-state index contributed by atoms with van der Waals surface area (Å²) in [5.74, 6) is 1.87. The van der Waals surface area contributed by atoms with Crippen LogP contribution in [0.1, 0.15) is 0 Å². The van der Waals surface area contributed by atoms with Crippen LogP contribution in [0.2, 0.25) is 0 Å². The zero-order chi connectivity index (χ0) is 37.0. The third kappa shape index (κ3) is 5.40. The molecular weight excluding hydrogens is 701 g/mol. The topological polar surface area (TPSA) is 43.6 Å². The van der Waals surface area contributed by atoms with Gasteiger partial charge in [0.25, 0.3) is 0 Å². The van der Waals surface area contributed by atoms with Gasteiger partial charge in [0.05, 0.1) is 16.7 Å². The quantitative estimate of drug-likeness (QED) is 0.171. The monoisotopic (exact) mass is 732 g/mol. The van der Waals surface area contributed by atoms with Crippen LogP contribution >= 0.6 is 11.3 Å². The summed E-state index contributed by atoms with van der Waals surface area (Å²) < 4.78 is 5.00. The van der Waals surface area contributed by atoms with Crippen LogP contribution in [0.15, 0.2) is 194 Å². The fourth-order valence-electron chi connectivity index (χ4n) is 8.06. The summed E-state index contributed by atoms with van der Waals surface area (Å²) in [7, 11) is 0. The molecule has 8 aromatic carbocycles. The number of aromatic nitrogens is 4. The van der Waals surface area contributed by atoms with Gasteiger partial charge in [-0.15, -0.1) is 11.3 Å². The van der Waals surface area contributed by atoms with E-state index in [1.54, 1.807) is 0 Å². The van der Waals surface area contributed by atoms with Crippen LogP contribution in [-0.4, -0.2) is 19.5 Å². The minimum Gasteiger partial charge on any atom is -0.308 e. The van der Waals surface area contributed by atoms with Crippen molar-refractivity contribution in [1.82, 2.24) is 19.5 Å². The third-order valence-corrected chi connectivity index (χ3v) is 11.8. The Morgan fingerprint density at radius 1 is 0.339 bits per heavy atom. The largest absolute Gasteiger partial charge is 0.308 e. The summed E-state index contributed by atoms with van der Waals surface area (Å²) >= 11 is 1.85. The number of hydrogen-bond donors (Lipinski definition) is 0. The maximum Gasteiger partial charge on any atom is 0.166 e. The van der Waals surface area contributed by atoms with E-state index in [9.17, 15) is 0 Å². The molecule has 0 atom stereocenters. The van der Waals surface area contributed by atoms with Gasteiger partial charge in [-0.3, -0.25) is 0 Å². The molecule has 0 fully saturated rings. The zero-order valence-electron chi connectivity index (χ0n) is 30.2. The molecule has 11 aromatic rings. The van der Waals surface area contributed by atoms with E-state index in [0.717, 1.165) is 44.5 Å². The van der Waals surface area contributed by atoms with Gasteiger partial charge < -0.3 is 4.57 Å². The van der Waals surface area contributed by atoms with Crippen molar-refractivity contribution in [3.8, 4) is 62.1 Å². The van der Waals surface area contributed by atoms with Crippen LogP contribution < -0.4 is 0 Å². The minimum absolute atomic E-state index is 0.613. The second kappa shape index (κ2) is 13.3. The highest BCUT2D eigenvalue weighted by molar-refractivity contribution is 7.25. The summed E-state index contributed by atoms with van der Waals surface area (Å²) in [6.45, 7) is 0. The highest BCUT2D eigenvalue weighted by Gasteiger charge is 2.21.